The monoisotopic (exact) mass is 330 g/mol. The first kappa shape index (κ1) is 15.2. The molecule has 1 unspecified atom stereocenters. The third-order valence-electron chi connectivity index (χ3n) is 4.08. The van der Waals surface area contributed by atoms with Gasteiger partial charge in [-0.3, -0.25) is 0 Å². The number of fused-ring (bicyclic) bond motifs is 1. The topological polar surface area (TPSA) is 72.8 Å². The SMILES string of the molecule is Cc1cc2c([nH]1)N=C(c1ccccc1)N=CC2Nc1ccc(O)cc1. The van der Waals surface area contributed by atoms with Gasteiger partial charge in [0.2, 0.25) is 0 Å². The number of aromatic hydroxyl groups is 1. The van der Waals surface area contributed by atoms with Gasteiger partial charge in [0.25, 0.3) is 0 Å². The minimum absolute atomic E-state index is 0.116. The molecular weight excluding hydrogens is 312 g/mol. The normalized spacial score (nSPS) is 16.0. The number of nitrogens with one attached hydrogen (secondary N) is 2. The van der Waals surface area contributed by atoms with Crippen molar-refractivity contribution < 1.29 is 5.11 Å². The molecule has 1 atom stereocenters. The van der Waals surface area contributed by atoms with E-state index in [2.05, 4.69) is 21.4 Å². The van der Waals surface area contributed by atoms with Crippen LogP contribution in [0.2, 0.25) is 0 Å². The van der Waals surface area contributed by atoms with Gasteiger partial charge in [-0.15, -0.1) is 0 Å². The molecule has 0 saturated heterocycles. The maximum atomic E-state index is 9.45. The molecule has 3 N–H and O–H groups in total. The fraction of sp³-hybridized carbons (Fsp3) is 0.100. The van der Waals surface area contributed by atoms with Crippen LogP contribution in [0.4, 0.5) is 11.5 Å². The van der Waals surface area contributed by atoms with E-state index in [1.54, 1.807) is 12.1 Å². The Balaban J connectivity index is 1.72. The second kappa shape index (κ2) is 6.28. The van der Waals surface area contributed by atoms with E-state index >= 15 is 0 Å². The second-order valence-electron chi connectivity index (χ2n) is 6.00. The number of hydrogen-bond acceptors (Lipinski definition) is 4. The summed E-state index contributed by atoms with van der Waals surface area (Å²) in [5, 5.41) is 12.9. The van der Waals surface area contributed by atoms with Crippen molar-refractivity contribution in [3.8, 4) is 5.75 Å². The molecule has 0 spiro atoms. The number of H-pyrrole nitrogens is 1. The first-order valence-corrected chi connectivity index (χ1v) is 8.12. The molecule has 0 saturated carbocycles. The van der Waals surface area contributed by atoms with E-state index in [-0.39, 0.29) is 11.8 Å². The number of phenolic OH excluding ortho intramolecular Hbond substituents is 1. The van der Waals surface area contributed by atoms with Crippen molar-refractivity contribution in [2.24, 2.45) is 9.98 Å². The number of benzene rings is 2. The highest BCUT2D eigenvalue weighted by molar-refractivity contribution is 6.06. The molecule has 2 aromatic carbocycles. The molecule has 1 aromatic heterocycles. The summed E-state index contributed by atoms with van der Waals surface area (Å²) in [6.45, 7) is 2.01. The van der Waals surface area contributed by atoms with E-state index in [0.717, 1.165) is 28.3 Å². The van der Waals surface area contributed by atoms with Crippen LogP contribution in [-0.4, -0.2) is 22.1 Å². The summed E-state index contributed by atoms with van der Waals surface area (Å²) < 4.78 is 0. The fourth-order valence-corrected chi connectivity index (χ4v) is 2.86. The van der Waals surface area contributed by atoms with Crippen LogP contribution >= 0.6 is 0 Å². The third-order valence-corrected chi connectivity index (χ3v) is 4.08. The lowest BCUT2D eigenvalue weighted by molar-refractivity contribution is 0.475. The Morgan fingerprint density at radius 1 is 1.04 bits per heavy atom. The van der Waals surface area contributed by atoms with Gasteiger partial charge in [-0.1, -0.05) is 30.3 Å². The minimum atomic E-state index is -0.116. The summed E-state index contributed by atoms with van der Waals surface area (Å²) in [7, 11) is 0. The summed E-state index contributed by atoms with van der Waals surface area (Å²) in [6, 6.07) is 18.9. The van der Waals surface area contributed by atoms with Crippen LogP contribution in [0.25, 0.3) is 0 Å². The molecule has 0 radical (unpaired) electrons. The van der Waals surface area contributed by atoms with Gasteiger partial charge in [0, 0.05) is 28.7 Å². The molecule has 0 aliphatic carbocycles. The standard InChI is InChI=1S/C20H18N4O/c1-13-11-17-18(23-15-7-9-16(25)10-8-15)12-21-19(24-20(17)22-13)14-5-3-2-4-6-14/h2-12,18,22-23,25H,1H3. The van der Waals surface area contributed by atoms with Gasteiger partial charge >= 0.3 is 0 Å². The molecule has 25 heavy (non-hydrogen) atoms. The number of rotatable bonds is 3. The molecule has 0 bridgehead atoms. The van der Waals surface area contributed by atoms with Crippen LogP contribution in [0.5, 0.6) is 5.75 Å². The maximum absolute atomic E-state index is 9.45. The Morgan fingerprint density at radius 2 is 1.80 bits per heavy atom. The van der Waals surface area contributed by atoms with E-state index in [4.69, 9.17) is 4.99 Å². The molecule has 2 heterocycles. The molecule has 1 aliphatic heterocycles. The van der Waals surface area contributed by atoms with E-state index in [0.29, 0.717) is 5.84 Å². The number of anilines is 1. The van der Waals surface area contributed by atoms with Crippen molar-refractivity contribution in [1.29, 1.82) is 0 Å². The van der Waals surface area contributed by atoms with Crippen LogP contribution < -0.4 is 5.32 Å². The zero-order valence-corrected chi connectivity index (χ0v) is 13.8. The number of phenols is 1. The van der Waals surface area contributed by atoms with E-state index in [1.807, 2.05) is 55.6 Å². The number of aromatic amines is 1. The van der Waals surface area contributed by atoms with E-state index < -0.39 is 0 Å². The number of nitrogens with zero attached hydrogens (tertiary/aromatic N) is 2. The Kier molecular flexibility index (Phi) is 3.82. The van der Waals surface area contributed by atoms with Crippen LogP contribution in [-0.2, 0) is 0 Å². The van der Waals surface area contributed by atoms with Crippen LogP contribution in [0, 0.1) is 6.92 Å². The van der Waals surface area contributed by atoms with Gasteiger partial charge in [-0.25, -0.2) is 9.98 Å². The molecule has 5 heteroatoms. The maximum Gasteiger partial charge on any atom is 0.161 e. The lowest BCUT2D eigenvalue weighted by Gasteiger charge is -2.14. The molecule has 3 aromatic rings. The van der Waals surface area contributed by atoms with Crippen molar-refractivity contribution >= 4 is 23.6 Å². The predicted octanol–water partition coefficient (Wildman–Crippen LogP) is 4.34. The Hall–Kier alpha value is -3.34. The zero-order chi connectivity index (χ0) is 17.2. The Bertz CT molecular complexity index is 940. The van der Waals surface area contributed by atoms with Gasteiger partial charge < -0.3 is 15.4 Å². The molecule has 124 valence electrons. The lowest BCUT2D eigenvalue weighted by Crippen LogP contribution is -2.11. The quantitative estimate of drug-likeness (QED) is 0.625. The predicted molar refractivity (Wildman–Crippen MR) is 101 cm³/mol. The van der Waals surface area contributed by atoms with E-state index in [9.17, 15) is 5.11 Å². The van der Waals surface area contributed by atoms with Crippen molar-refractivity contribution in [2.45, 2.75) is 13.0 Å². The summed E-state index contributed by atoms with van der Waals surface area (Å²) in [4.78, 5) is 12.6. The largest absolute Gasteiger partial charge is 0.508 e. The molecule has 5 nitrogen and oxygen atoms in total. The fourth-order valence-electron chi connectivity index (χ4n) is 2.86. The summed E-state index contributed by atoms with van der Waals surface area (Å²) >= 11 is 0. The van der Waals surface area contributed by atoms with Gasteiger partial charge in [0.05, 0.1) is 6.04 Å². The number of aromatic nitrogens is 1. The number of amidine groups is 1. The summed E-state index contributed by atoms with van der Waals surface area (Å²) in [5.41, 5.74) is 3.97. The first-order valence-electron chi connectivity index (χ1n) is 8.12. The highest BCUT2D eigenvalue weighted by Crippen LogP contribution is 2.31. The van der Waals surface area contributed by atoms with Gasteiger partial charge in [0.1, 0.15) is 11.6 Å². The van der Waals surface area contributed by atoms with Crippen molar-refractivity contribution in [3.63, 3.8) is 0 Å². The van der Waals surface area contributed by atoms with Gasteiger partial charge in [-0.2, -0.15) is 0 Å². The number of aliphatic imine (C=N–C) groups is 2. The number of aryl methyl sites for hydroxylation is 1. The summed E-state index contributed by atoms with van der Waals surface area (Å²) in [5.74, 6) is 1.73. The second-order valence-corrected chi connectivity index (χ2v) is 6.00. The van der Waals surface area contributed by atoms with Gasteiger partial charge in [0.15, 0.2) is 5.84 Å². The highest BCUT2D eigenvalue weighted by atomic mass is 16.3. The first-order chi connectivity index (χ1) is 12.2. The zero-order valence-electron chi connectivity index (χ0n) is 13.8. The van der Waals surface area contributed by atoms with E-state index in [1.165, 1.54) is 0 Å². The molecule has 0 fully saturated rings. The average molecular weight is 330 g/mol. The smallest absolute Gasteiger partial charge is 0.161 e. The van der Waals surface area contributed by atoms with Crippen molar-refractivity contribution in [1.82, 2.24) is 4.98 Å². The van der Waals surface area contributed by atoms with Gasteiger partial charge in [-0.05, 0) is 37.3 Å². The average Bonchev–Trinajstić information content (AvgIpc) is 2.92. The van der Waals surface area contributed by atoms with Crippen molar-refractivity contribution in [3.05, 3.63) is 77.5 Å². The highest BCUT2D eigenvalue weighted by Gasteiger charge is 2.20. The van der Waals surface area contributed by atoms with Crippen molar-refractivity contribution in [2.75, 3.05) is 5.32 Å². The lowest BCUT2D eigenvalue weighted by atomic mass is 10.1. The Labute approximate surface area is 145 Å². The van der Waals surface area contributed by atoms with Crippen LogP contribution in [0.1, 0.15) is 22.9 Å². The third kappa shape index (κ3) is 3.17. The van der Waals surface area contributed by atoms with Crippen LogP contribution in [0.15, 0.2) is 70.6 Å². The Morgan fingerprint density at radius 3 is 2.56 bits per heavy atom. The van der Waals surface area contributed by atoms with Crippen LogP contribution in [0.3, 0.4) is 0 Å². The minimum Gasteiger partial charge on any atom is -0.508 e. The molecule has 0 amide bonds. The summed E-state index contributed by atoms with van der Waals surface area (Å²) in [6.07, 6.45) is 1.87. The number of hydrogen-bond donors (Lipinski definition) is 3. The molecular formula is C20H18N4O. The molecule has 1 aliphatic rings. The molecule has 4 rings (SSSR count).